The summed E-state index contributed by atoms with van der Waals surface area (Å²) in [6.45, 7) is 10.7. The molecule has 0 heterocycles. The maximum atomic E-state index is 13.7. The number of carbonyl (C=O) groups excluding carboxylic acids is 4. The van der Waals surface area contributed by atoms with Crippen molar-refractivity contribution in [3.8, 4) is 0 Å². The van der Waals surface area contributed by atoms with Crippen LogP contribution in [0.2, 0.25) is 0 Å². The fourth-order valence-corrected chi connectivity index (χ4v) is 3.83. The highest BCUT2D eigenvalue weighted by Gasteiger charge is 2.36. The van der Waals surface area contributed by atoms with Crippen molar-refractivity contribution in [2.24, 2.45) is 5.73 Å². The van der Waals surface area contributed by atoms with Crippen LogP contribution in [0.15, 0.2) is 48.5 Å². The lowest BCUT2D eigenvalue weighted by atomic mass is 10.0. The number of nitrogens with two attached hydrogens (primary N) is 1. The van der Waals surface area contributed by atoms with E-state index in [1.54, 1.807) is 52.0 Å². The van der Waals surface area contributed by atoms with Crippen molar-refractivity contribution in [3.63, 3.8) is 0 Å². The van der Waals surface area contributed by atoms with Crippen LogP contribution in [0.1, 0.15) is 56.8 Å². The number of nitrogens with zero attached hydrogens (tertiary/aromatic N) is 1. The number of ether oxygens (including phenoxy) is 1. The van der Waals surface area contributed by atoms with Crippen molar-refractivity contribution in [1.82, 2.24) is 10.2 Å². The summed E-state index contributed by atoms with van der Waals surface area (Å²) in [6, 6.07) is 12.2. The molecule has 4 amide bonds. The first-order valence-electron chi connectivity index (χ1n) is 11.8. The van der Waals surface area contributed by atoms with E-state index in [1.807, 2.05) is 38.1 Å². The molecule has 4 N–H and O–H groups in total. The van der Waals surface area contributed by atoms with Crippen molar-refractivity contribution >= 4 is 29.5 Å². The van der Waals surface area contributed by atoms with Gasteiger partial charge in [0, 0.05) is 12.2 Å². The molecule has 0 spiro atoms. The van der Waals surface area contributed by atoms with Gasteiger partial charge in [-0.25, -0.2) is 4.79 Å². The Hall–Kier alpha value is -3.88. The second-order valence-electron chi connectivity index (χ2n) is 9.56. The summed E-state index contributed by atoms with van der Waals surface area (Å²) in [6.07, 6.45) is -1.32. The van der Waals surface area contributed by atoms with Crippen LogP contribution < -0.4 is 16.4 Å². The van der Waals surface area contributed by atoms with E-state index < -0.39 is 47.9 Å². The number of hydrogen-bond acceptors (Lipinski definition) is 5. The van der Waals surface area contributed by atoms with Crippen LogP contribution in [0.3, 0.4) is 0 Å². The molecule has 194 valence electrons. The number of anilines is 1. The smallest absolute Gasteiger partial charge is 0.408 e. The second kappa shape index (κ2) is 12.2. The first-order valence-corrected chi connectivity index (χ1v) is 11.8. The predicted octanol–water partition coefficient (Wildman–Crippen LogP) is 3.60. The van der Waals surface area contributed by atoms with E-state index in [0.29, 0.717) is 11.3 Å². The normalized spacial score (nSPS) is 12.7. The molecule has 0 aliphatic rings. The minimum absolute atomic E-state index is 0.129. The second-order valence-corrected chi connectivity index (χ2v) is 9.56. The van der Waals surface area contributed by atoms with Crippen molar-refractivity contribution in [2.75, 3.05) is 11.9 Å². The number of primary amides is 1. The molecule has 0 radical (unpaired) electrons. The first kappa shape index (κ1) is 28.4. The minimum Gasteiger partial charge on any atom is -0.444 e. The molecule has 2 aromatic carbocycles. The van der Waals surface area contributed by atoms with Crippen molar-refractivity contribution in [3.05, 3.63) is 65.2 Å². The van der Waals surface area contributed by atoms with Gasteiger partial charge in [0.25, 0.3) is 5.91 Å². The molecule has 2 atom stereocenters. The SMILES string of the molecule is CCN(C(=O)C(CC(N)=O)NC(=O)OC(C)(C)C)C(C(=O)Nc1c(C)cccc1C)c1ccccc1. The number of nitrogens with one attached hydrogen (secondary N) is 2. The molecule has 0 aromatic heterocycles. The Balaban J connectivity index is 2.45. The average Bonchev–Trinajstić information content (AvgIpc) is 2.78. The van der Waals surface area contributed by atoms with Crippen LogP contribution in [-0.4, -0.2) is 46.9 Å². The topological polar surface area (TPSA) is 131 Å². The number of aryl methyl sites for hydroxylation is 2. The molecule has 0 aliphatic heterocycles. The number of para-hydroxylation sites is 1. The molecule has 2 rings (SSSR count). The number of rotatable bonds is 9. The molecule has 0 bridgehead atoms. The summed E-state index contributed by atoms with van der Waals surface area (Å²) in [4.78, 5) is 52.9. The summed E-state index contributed by atoms with van der Waals surface area (Å²) in [5.41, 5.74) is 7.55. The Morgan fingerprint density at radius 1 is 0.972 bits per heavy atom. The summed E-state index contributed by atoms with van der Waals surface area (Å²) >= 11 is 0. The molecule has 0 fully saturated rings. The van der Waals surface area contributed by atoms with Crippen molar-refractivity contribution in [2.45, 2.75) is 65.6 Å². The van der Waals surface area contributed by atoms with Crippen LogP contribution >= 0.6 is 0 Å². The zero-order chi connectivity index (χ0) is 27.0. The third-order valence-electron chi connectivity index (χ3n) is 5.42. The molecule has 2 aromatic rings. The van der Waals surface area contributed by atoms with E-state index in [1.165, 1.54) is 4.90 Å². The van der Waals surface area contributed by atoms with Crippen LogP contribution in [-0.2, 0) is 19.1 Å². The van der Waals surface area contributed by atoms with E-state index >= 15 is 0 Å². The van der Waals surface area contributed by atoms with Gasteiger partial charge in [0.05, 0.1) is 6.42 Å². The van der Waals surface area contributed by atoms with Crippen LogP contribution in [0.5, 0.6) is 0 Å². The Morgan fingerprint density at radius 2 is 1.56 bits per heavy atom. The predicted molar refractivity (Wildman–Crippen MR) is 138 cm³/mol. The number of carbonyl (C=O) groups is 4. The third-order valence-corrected chi connectivity index (χ3v) is 5.42. The Morgan fingerprint density at radius 3 is 2.06 bits per heavy atom. The lowest BCUT2D eigenvalue weighted by Crippen LogP contribution is -2.53. The van der Waals surface area contributed by atoms with Gasteiger partial charge in [-0.15, -0.1) is 0 Å². The average molecular weight is 497 g/mol. The van der Waals surface area contributed by atoms with Gasteiger partial charge in [0.1, 0.15) is 17.7 Å². The maximum Gasteiger partial charge on any atom is 0.408 e. The van der Waals surface area contributed by atoms with Crippen LogP contribution in [0.25, 0.3) is 0 Å². The van der Waals surface area contributed by atoms with Crippen molar-refractivity contribution in [1.29, 1.82) is 0 Å². The molecular weight excluding hydrogens is 460 g/mol. The van der Waals surface area contributed by atoms with Gasteiger partial charge < -0.3 is 26.0 Å². The molecule has 0 saturated heterocycles. The Labute approximate surface area is 212 Å². The van der Waals surface area contributed by atoms with E-state index in [2.05, 4.69) is 10.6 Å². The number of alkyl carbamates (subject to hydrolysis) is 1. The molecule has 2 unspecified atom stereocenters. The number of amides is 4. The summed E-state index contributed by atoms with van der Waals surface area (Å²) < 4.78 is 5.26. The van der Waals surface area contributed by atoms with Gasteiger partial charge >= 0.3 is 6.09 Å². The highest BCUT2D eigenvalue weighted by molar-refractivity contribution is 6.00. The van der Waals surface area contributed by atoms with E-state index in [9.17, 15) is 19.2 Å². The van der Waals surface area contributed by atoms with Gasteiger partial charge in [-0.1, -0.05) is 48.5 Å². The largest absolute Gasteiger partial charge is 0.444 e. The maximum absolute atomic E-state index is 13.7. The van der Waals surface area contributed by atoms with Gasteiger partial charge in [-0.3, -0.25) is 14.4 Å². The van der Waals surface area contributed by atoms with Crippen LogP contribution in [0, 0.1) is 13.8 Å². The van der Waals surface area contributed by atoms with Gasteiger partial charge in [-0.2, -0.15) is 0 Å². The number of hydrogen-bond donors (Lipinski definition) is 3. The fraction of sp³-hybridized carbons (Fsp3) is 0.407. The highest BCUT2D eigenvalue weighted by atomic mass is 16.6. The lowest BCUT2D eigenvalue weighted by Gasteiger charge is -2.33. The standard InChI is InChI=1S/C27H36N4O5/c1-7-31(25(34)20(16-21(28)32)29-26(35)36-27(4,5)6)23(19-14-9-8-10-15-19)24(33)30-22-17(2)12-11-13-18(22)3/h8-15,20,23H,7,16H2,1-6H3,(H2,28,32)(H,29,35)(H,30,33). The molecule has 0 saturated carbocycles. The van der Waals surface area contributed by atoms with Gasteiger partial charge in [-0.05, 0) is 58.2 Å². The monoisotopic (exact) mass is 496 g/mol. The van der Waals surface area contributed by atoms with E-state index in [0.717, 1.165) is 11.1 Å². The van der Waals surface area contributed by atoms with E-state index in [4.69, 9.17) is 10.5 Å². The minimum atomic E-state index is -1.31. The summed E-state index contributed by atoms with van der Waals surface area (Å²) in [5.74, 6) is -1.84. The molecule has 9 nitrogen and oxygen atoms in total. The lowest BCUT2D eigenvalue weighted by molar-refractivity contribution is -0.141. The fourth-order valence-electron chi connectivity index (χ4n) is 3.83. The highest BCUT2D eigenvalue weighted by Crippen LogP contribution is 2.27. The van der Waals surface area contributed by atoms with Gasteiger partial charge in [0.15, 0.2) is 0 Å². The Bertz CT molecular complexity index is 1070. The molecule has 9 heteroatoms. The molecule has 0 aliphatic carbocycles. The quantitative estimate of drug-likeness (QED) is 0.488. The first-order chi connectivity index (χ1) is 16.8. The number of benzene rings is 2. The third kappa shape index (κ3) is 7.83. The van der Waals surface area contributed by atoms with E-state index in [-0.39, 0.29) is 6.54 Å². The number of likely N-dealkylation sites (N-methyl/N-ethyl adjacent to an activating group) is 1. The molecular formula is C27H36N4O5. The zero-order valence-electron chi connectivity index (χ0n) is 21.8. The summed E-state index contributed by atoms with van der Waals surface area (Å²) in [7, 11) is 0. The van der Waals surface area contributed by atoms with Gasteiger partial charge in [0.2, 0.25) is 11.8 Å². The molecule has 36 heavy (non-hydrogen) atoms. The van der Waals surface area contributed by atoms with Crippen molar-refractivity contribution < 1.29 is 23.9 Å². The van der Waals surface area contributed by atoms with Crippen LogP contribution in [0.4, 0.5) is 10.5 Å². The Kier molecular flexibility index (Phi) is 9.60. The zero-order valence-corrected chi connectivity index (χ0v) is 21.8. The summed E-state index contributed by atoms with van der Waals surface area (Å²) in [5, 5.41) is 5.41.